The van der Waals surface area contributed by atoms with Gasteiger partial charge in [0.2, 0.25) is 0 Å². The molecule has 1 aliphatic rings. The van der Waals surface area contributed by atoms with E-state index in [-0.39, 0.29) is 12.0 Å². The molecule has 0 spiro atoms. The van der Waals surface area contributed by atoms with Gasteiger partial charge >= 0.3 is 0 Å². The van der Waals surface area contributed by atoms with Crippen molar-refractivity contribution in [3.05, 3.63) is 35.1 Å². The molecule has 2 rings (SSSR count). The molecule has 0 saturated heterocycles. The maximum Gasteiger partial charge on any atom is 0.276 e. The van der Waals surface area contributed by atoms with Crippen molar-refractivity contribution >= 4 is 0 Å². The molecule has 13 heavy (non-hydrogen) atoms. The van der Waals surface area contributed by atoms with Crippen molar-refractivity contribution in [3.8, 4) is 0 Å². The molecular formula is C10H9F3. The maximum atomic E-state index is 13.2. The fraction of sp³-hybridized carbons (Fsp3) is 0.400. The van der Waals surface area contributed by atoms with E-state index in [1.807, 2.05) is 0 Å². The van der Waals surface area contributed by atoms with Crippen LogP contribution in [0.4, 0.5) is 13.2 Å². The van der Waals surface area contributed by atoms with Crippen molar-refractivity contribution in [1.29, 1.82) is 0 Å². The van der Waals surface area contributed by atoms with E-state index in [9.17, 15) is 13.2 Å². The van der Waals surface area contributed by atoms with Crippen molar-refractivity contribution in [2.45, 2.75) is 25.2 Å². The lowest BCUT2D eigenvalue weighted by Gasteiger charge is -2.25. The number of hydrogen-bond acceptors (Lipinski definition) is 0. The Labute approximate surface area is 74.4 Å². The molecule has 0 amide bonds. The molecule has 0 radical (unpaired) electrons. The fourth-order valence-corrected chi connectivity index (χ4v) is 1.81. The Morgan fingerprint density at radius 3 is 2.69 bits per heavy atom. The number of benzene rings is 1. The highest BCUT2D eigenvalue weighted by molar-refractivity contribution is 5.34. The van der Waals surface area contributed by atoms with Crippen LogP contribution in [-0.2, 0) is 12.3 Å². The molecule has 0 aromatic heterocycles. The molecule has 0 fully saturated rings. The number of hydrogen-bond donors (Lipinski definition) is 0. The van der Waals surface area contributed by atoms with E-state index in [4.69, 9.17) is 0 Å². The second-order valence-corrected chi connectivity index (χ2v) is 3.33. The van der Waals surface area contributed by atoms with Gasteiger partial charge < -0.3 is 0 Å². The number of aryl methyl sites for hydroxylation is 1. The Balaban J connectivity index is 2.61. The molecule has 1 aromatic carbocycles. The molecule has 0 unspecified atom stereocenters. The highest BCUT2D eigenvalue weighted by Crippen LogP contribution is 2.41. The summed E-state index contributed by atoms with van der Waals surface area (Å²) in [4.78, 5) is 0. The van der Waals surface area contributed by atoms with Crippen LogP contribution in [0.25, 0.3) is 0 Å². The number of halogens is 3. The van der Waals surface area contributed by atoms with Gasteiger partial charge in [-0.3, -0.25) is 0 Å². The quantitative estimate of drug-likeness (QED) is 0.583. The first kappa shape index (κ1) is 8.60. The van der Waals surface area contributed by atoms with Gasteiger partial charge in [-0.05, 0) is 24.5 Å². The second kappa shape index (κ2) is 2.76. The van der Waals surface area contributed by atoms with Gasteiger partial charge in [-0.25, -0.2) is 13.2 Å². The van der Waals surface area contributed by atoms with Crippen LogP contribution in [-0.4, -0.2) is 0 Å². The Kier molecular flexibility index (Phi) is 1.82. The van der Waals surface area contributed by atoms with Crippen molar-refractivity contribution in [1.82, 2.24) is 0 Å². The van der Waals surface area contributed by atoms with Crippen molar-refractivity contribution in [3.63, 3.8) is 0 Å². The van der Waals surface area contributed by atoms with E-state index in [1.54, 1.807) is 6.07 Å². The number of alkyl halides is 2. The predicted octanol–water partition coefficient (Wildman–Crippen LogP) is 3.25. The van der Waals surface area contributed by atoms with Crippen LogP contribution in [0.5, 0.6) is 0 Å². The fourth-order valence-electron chi connectivity index (χ4n) is 1.81. The van der Waals surface area contributed by atoms with Crippen molar-refractivity contribution < 1.29 is 13.2 Å². The minimum atomic E-state index is -2.97. The normalized spacial score (nSPS) is 19.6. The molecule has 3 heteroatoms. The molecular weight excluding hydrogens is 177 g/mol. The highest BCUT2D eigenvalue weighted by Gasteiger charge is 2.38. The first-order chi connectivity index (χ1) is 6.11. The van der Waals surface area contributed by atoms with Crippen LogP contribution < -0.4 is 0 Å². The molecule has 1 aliphatic carbocycles. The van der Waals surface area contributed by atoms with Crippen LogP contribution in [0.3, 0.4) is 0 Å². The highest BCUT2D eigenvalue weighted by atomic mass is 19.3. The number of rotatable bonds is 0. The summed E-state index contributed by atoms with van der Waals surface area (Å²) in [5, 5.41) is 0. The first-order valence-corrected chi connectivity index (χ1v) is 4.27. The Bertz CT molecular complexity index is 331. The van der Waals surface area contributed by atoms with Gasteiger partial charge in [0.25, 0.3) is 5.92 Å². The monoisotopic (exact) mass is 186 g/mol. The second-order valence-electron chi connectivity index (χ2n) is 3.33. The van der Waals surface area contributed by atoms with Crippen LogP contribution in [0.15, 0.2) is 18.2 Å². The zero-order valence-electron chi connectivity index (χ0n) is 6.99. The average Bonchev–Trinajstić information content (AvgIpc) is 2.02. The molecule has 0 saturated carbocycles. The van der Waals surface area contributed by atoms with E-state index < -0.39 is 11.7 Å². The largest absolute Gasteiger partial charge is 0.276 e. The average molecular weight is 186 g/mol. The standard InChI is InChI=1S/C10H9F3/c11-8-5-1-3-7-4-2-6-10(12,13)9(7)8/h1,3,5H,2,4,6H2. The summed E-state index contributed by atoms with van der Waals surface area (Å²) >= 11 is 0. The maximum absolute atomic E-state index is 13.2. The van der Waals surface area contributed by atoms with Crippen LogP contribution in [0, 0.1) is 5.82 Å². The lowest BCUT2D eigenvalue weighted by atomic mass is 9.88. The molecule has 0 N–H and O–H groups in total. The van der Waals surface area contributed by atoms with Gasteiger partial charge in [0.15, 0.2) is 0 Å². The summed E-state index contributed by atoms with van der Waals surface area (Å²) < 4.78 is 39.5. The third-order valence-electron chi connectivity index (χ3n) is 2.40. The zero-order chi connectivity index (χ0) is 9.47. The lowest BCUT2D eigenvalue weighted by molar-refractivity contribution is -0.0251. The van der Waals surface area contributed by atoms with Gasteiger partial charge in [0.05, 0.1) is 5.56 Å². The summed E-state index contributed by atoms with van der Waals surface area (Å²) in [6, 6.07) is 4.15. The molecule has 0 aliphatic heterocycles. The third kappa shape index (κ3) is 1.32. The van der Waals surface area contributed by atoms with Crippen molar-refractivity contribution in [2.24, 2.45) is 0 Å². The third-order valence-corrected chi connectivity index (χ3v) is 2.40. The molecule has 0 bridgehead atoms. The van der Waals surface area contributed by atoms with Gasteiger partial charge in [-0.2, -0.15) is 0 Å². The van der Waals surface area contributed by atoms with E-state index in [2.05, 4.69) is 0 Å². The Morgan fingerprint density at radius 2 is 2.00 bits per heavy atom. The smallest absolute Gasteiger partial charge is 0.206 e. The van der Waals surface area contributed by atoms with Crippen LogP contribution in [0.1, 0.15) is 24.0 Å². The van der Waals surface area contributed by atoms with Crippen LogP contribution >= 0.6 is 0 Å². The minimum Gasteiger partial charge on any atom is -0.206 e. The molecule has 1 aromatic rings. The van der Waals surface area contributed by atoms with Gasteiger partial charge in [0, 0.05) is 6.42 Å². The molecule has 0 nitrogen and oxygen atoms in total. The SMILES string of the molecule is Fc1cccc2c1C(F)(F)CCC2. The summed E-state index contributed by atoms with van der Waals surface area (Å²) in [6.07, 6.45) is 0.757. The van der Waals surface area contributed by atoms with E-state index >= 15 is 0 Å². The summed E-state index contributed by atoms with van der Waals surface area (Å²) in [7, 11) is 0. The van der Waals surface area contributed by atoms with Gasteiger partial charge in [-0.15, -0.1) is 0 Å². The summed E-state index contributed by atoms with van der Waals surface area (Å²) in [5.74, 6) is -3.75. The lowest BCUT2D eigenvalue weighted by Crippen LogP contribution is -2.22. The van der Waals surface area contributed by atoms with Gasteiger partial charge in [-0.1, -0.05) is 12.1 Å². The Morgan fingerprint density at radius 1 is 1.23 bits per heavy atom. The van der Waals surface area contributed by atoms with Crippen molar-refractivity contribution in [2.75, 3.05) is 0 Å². The van der Waals surface area contributed by atoms with E-state index in [0.717, 1.165) is 6.07 Å². The van der Waals surface area contributed by atoms with Crippen LogP contribution in [0.2, 0.25) is 0 Å². The summed E-state index contributed by atoms with van der Waals surface area (Å²) in [5.41, 5.74) is 0.0671. The summed E-state index contributed by atoms with van der Waals surface area (Å²) in [6.45, 7) is 0. The topological polar surface area (TPSA) is 0 Å². The van der Waals surface area contributed by atoms with E-state index in [0.29, 0.717) is 18.4 Å². The first-order valence-electron chi connectivity index (χ1n) is 4.27. The zero-order valence-corrected chi connectivity index (χ0v) is 6.99. The van der Waals surface area contributed by atoms with Gasteiger partial charge in [0.1, 0.15) is 5.82 Å². The molecule has 0 atom stereocenters. The minimum absolute atomic E-state index is 0.235. The predicted molar refractivity (Wildman–Crippen MR) is 43.2 cm³/mol. The number of fused-ring (bicyclic) bond motifs is 1. The molecule has 0 heterocycles. The van der Waals surface area contributed by atoms with E-state index in [1.165, 1.54) is 6.07 Å². The Hall–Kier alpha value is -0.990. The molecule has 70 valence electrons.